The molecule has 0 N–H and O–H groups in total. The van der Waals surface area contributed by atoms with E-state index in [2.05, 4.69) is 186 Å². The summed E-state index contributed by atoms with van der Waals surface area (Å²) in [7, 11) is 0. The van der Waals surface area contributed by atoms with Gasteiger partial charge in [-0.3, -0.25) is 0 Å². The Balaban J connectivity index is 1.17. The van der Waals surface area contributed by atoms with Crippen LogP contribution in [0.15, 0.2) is 176 Å². The summed E-state index contributed by atoms with van der Waals surface area (Å²) in [5.41, 5.74) is 19.1. The Bertz CT molecular complexity index is 3170. The van der Waals surface area contributed by atoms with Gasteiger partial charge in [-0.1, -0.05) is 128 Å². The molecule has 276 valence electrons. The number of hydrogen-bond acceptors (Lipinski definition) is 2. The zero-order chi connectivity index (χ0) is 38.3. The lowest BCUT2D eigenvalue weighted by Gasteiger charge is -2.32. The molecule has 0 atom stereocenters. The second-order valence-corrected chi connectivity index (χ2v) is 16.3. The molecule has 0 unspecified atom stereocenters. The quantitative estimate of drug-likeness (QED) is 0.166. The molecule has 2 heteroatoms. The Kier molecular flexibility index (Phi) is 7.50. The molecule has 0 amide bonds. The highest BCUT2D eigenvalue weighted by molar-refractivity contribution is 6.23. The van der Waals surface area contributed by atoms with E-state index in [9.17, 15) is 0 Å². The molecule has 58 heavy (non-hydrogen) atoms. The van der Waals surface area contributed by atoms with E-state index in [0.717, 1.165) is 44.3 Å². The fourth-order valence-electron chi connectivity index (χ4n) is 10.4. The van der Waals surface area contributed by atoms with E-state index in [1.807, 2.05) is 0 Å². The molecule has 1 aliphatic carbocycles. The van der Waals surface area contributed by atoms with Crippen LogP contribution in [-0.4, -0.2) is 13.1 Å². The summed E-state index contributed by atoms with van der Waals surface area (Å²) in [4.78, 5) is 5.08. The van der Waals surface area contributed by atoms with Gasteiger partial charge in [0.05, 0.1) is 0 Å². The number of nitrogens with zero attached hydrogens (tertiary/aromatic N) is 2. The third-order valence-electron chi connectivity index (χ3n) is 13.1. The number of benzene rings is 9. The van der Waals surface area contributed by atoms with Gasteiger partial charge in [-0.25, -0.2) is 0 Å². The third kappa shape index (κ3) is 5.11. The molecule has 0 bridgehead atoms. The molecule has 12 rings (SSSR count). The van der Waals surface area contributed by atoms with E-state index < -0.39 is 0 Å². The number of hydrogen-bond donors (Lipinski definition) is 0. The average molecular weight is 743 g/mol. The third-order valence-corrected chi connectivity index (χ3v) is 13.1. The average Bonchev–Trinajstić information content (AvgIpc) is 3.57. The van der Waals surface area contributed by atoms with Crippen molar-refractivity contribution in [3.63, 3.8) is 0 Å². The number of rotatable bonds is 4. The molecular weight excluding hydrogens is 701 g/mol. The van der Waals surface area contributed by atoms with Gasteiger partial charge in [-0.2, -0.15) is 0 Å². The van der Waals surface area contributed by atoms with Crippen molar-refractivity contribution in [1.82, 2.24) is 0 Å². The van der Waals surface area contributed by atoms with Crippen LogP contribution in [0.1, 0.15) is 35.1 Å². The fourth-order valence-corrected chi connectivity index (χ4v) is 10.4. The lowest BCUT2D eigenvalue weighted by Crippen LogP contribution is -2.24. The molecular formula is C56H42N2. The summed E-state index contributed by atoms with van der Waals surface area (Å²) in [5.74, 6) is 0. The molecule has 2 aliphatic heterocycles. The van der Waals surface area contributed by atoms with Crippen molar-refractivity contribution in [2.24, 2.45) is 0 Å². The van der Waals surface area contributed by atoms with Gasteiger partial charge in [-0.15, -0.1) is 0 Å². The van der Waals surface area contributed by atoms with Crippen molar-refractivity contribution in [3.8, 4) is 33.4 Å². The minimum Gasteiger partial charge on any atom is -0.341 e. The predicted octanol–water partition coefficient (Wildman–Crippen LogP) is 14.7. The Morgan fingerprint density at radius 1 is 0.379 bits per heavy atom. The number of anilines is 4. The summed E-state index contributed by atoms with van der Waals surface area (Å²) in [6, 6.07) is 64.1. The Morgan fingerprint density at radius 3 is 1.55 bits per heavy atom. The number of para-hydroxylation sites is 2. The van der Waals surface area contributed by atoms with Crippen molar-refractivity contribution < 1.29 is 0 Å². The molecule has 0 spiro atoms. The van der Waals surface area contributed by atoms with Crippen molar-refractivity contribution >= 4 is 60.6 Å². The first-order valence-corrected chi connectivity index (χ1v) is 20.8. The predicted molar refractivity (Wildman–Crippen MR) is 247 cm³/mol. The van der Waals surface area contributed by atoms with Gasteiger partial charge in [0.1, 0.15) is 0 Å². The maximum atomic E-state index is 4.64. The first-order valence-electron chi connectivity index (χ1n) is 20.8. The van der Waals surface area contributed by atoms with Crippen LogP contribution >= 0.6 is 0 Å². The van der Waals surface area contributed by atoms with Crippen LogP contribution in [0.4, 0.5) is 22.7 Å². The van der Waals surface area contributed by atoms with Gasteiger partial charge in [0, 0.05) is 35.8 Å². The molecule has 0 aromatic heterocycles. The van der Waals surface area contributed by atoms with E-state index in [4.69, 9.17) is 0 Å². The van der Waals surface area contributed by atoms with Crippen molar-refractivity contribution in [2.75, 3.05) is 22.9 Å². The van der Waals surface area contributed by atoms with Crippen molar-refractivity contribution in [1.29, 1.82) is 0 Å². The second-order valence-electron chi connectivity index (χ2n) is 16.3. The van der Waals surface area contributed by atoms with Crippen LogP contribution in [0.3, 0.4) is 0 Å². The number of fused-ring (bicyclic) bond motifs is 8. The summed E-state index contributed by atoms with van der Waals surface area (Å²) >= 11 is 0. The SMILES string of the molecule is C=C1c2ccccc2-c2ccc(-c3c4ccc(N5CCCc6ccccc65)cc4c(-c4ccc5ccccc5c4)c4ccc(N5CCCc6ccccc65)cc34)cc21. The van der Waals surface area contributed by atoms with Crippen LogP contribution in [0.5, 0.6) is 0 Å². The highest BCUT2D eigenvalue weighted by Crippen LogP contribution is 2.50. The molecule has 9 aromatic carbocycles. The minimum absolute atomic E-state index is 1.00. The zero-order valence-electron chi connectivity index (χ0n) is 32.5. The van der Waals surface area contributed by atoms with E-state index in [-0.39, 0.29) is 0 Å². The first-order chi connectivity index (χ1) is 28.7. The lowest BCUT2D eigenvalue weighted by atomic mass is 9.84. The van der Waals surface area contributed by atoms with Crippen molar-refractivity contribution in [3.05, 3.63) is 199 Å². The molecule has 0 saturated heterocycles. The summed E-state index contributed by atoms with van der Waals surface area (Å²) in [6.45, 7) is 6.64. The van der Waals surface area contributed by atoms with Crippen LogP contribution in [0, 0.1) is 0 Å². The highest BCUT2D eigenvalue weighted by atomic mass is 15.1. The summed E-state index contributed by atoms with van der Waals surface area (Å²) in [5, 5.41) is 7.59. The molecule has 0 radical (unpaired) electrons. The van der Waals surface area contributed by atoms with Crippen LogP contribution in [0.2, 0.25) is 0 Å². The maximum absolute atomic E-state index is 4.64. The van der Waals surface area contributed by atoms with E-state index in [1.165, 1.54) is 111 Å². The van der Waals surface area contributed by atoms with Crippen LogP contribution in [0.25, 0.3) is 71.3 Å². The number of aryl methyl sites for hydroxylation is 2. The van der Waals surface area contributed by atoms with E-state index in [1.54, 1.807) is 0 Å². The molecule has 2 nitrogen and oxygen atoms in total. The Labute approximate surface area is 339 Å². The Morgan fingerprint density at radius 2 is 0.897 bits per heavy atom. The monoisotopic (exact) mass is 742 g/mol. The van der Waals surface area contributed by atoms with Gasteiger partial charge in [0.15, 0.2) is 0 Å². The normalized spacial score (nSPS) is 14.4. The van der Waals surface area contributed by atoms with E-state index in [0.29, 0.717) is 0 Å². The van der Waals surface area contributed by atoms with Gasteiger partial charge in [0.2, 0.25) is 0 Å². The molecule has 2 heterocycles. The molecule has 3 aliphatic rings. The van der Waals surface area contributed by atoms with E-state index >= 15 is 0 Å². The van der Waals surface area contributed by atoms with Crippen LogP contribution in [-0.2, 0) is 12.8 Å². The zero-order valence-corrected chi connectivity index (χ0v) is 32.5. The molecule has 9 aromatic rings. The van der Waals surface area contributed by atoms with Gasteiger partial charge in [0.25, 0.3) is 0 Å². The largest absolute Gasteiger partial charge is 0.341 e. The van der Waals surface area contributed by atoms with Crippen molar-refractivity contribution in [2.45, 2.75) is 25.7 Å². The molecule has 0 fully saturated rings. The van der Waals surface area contributed by atoms with Gasteiger partial charge in [-0.05, 0) is 168 Å². The first kappa shape index (κ1) is 33.3. The summed E-state index contributed by atoms with van der Waals surface area (Å²) < 4.78 is 0. The smallest absolute Gasteiger partial charge is 0.0443 e. The summed E-state index contributed by atoms with van der Waals surface area (Å²) in [6.07, 6.45) is 4.51. The topological polar surface area (TPSA) is 6.48 Å². The van der Waals surface area contributed by atoms with Gasteiger partial charge < -0.3 is 9.80 Å². The maximum Gasteiger partial charge on any atom is 0.0443 e. The van der Waals surface area contributed by atoms with Crippen LogP contribution < -0.4 is 9.80 Å². The highest BCUT2D eigenvalue weighted by Gasteiger charge is 2.26. The second kappa shape index (κ2) is 13.1. The van der Waals surface area contributed by atoms with Gasteiger partial charge >= 0.3 is 0 Å². The Hall–Kier alpha value is -6.90. The fraction of sp³-hybridized carbons (Fsp3) is 0.107. The lowest BCUT2D eigenvalue weighted by molar-refractivity contribution is 0.767. The molecule has 0 saturated carbocycles. The standard InChI is InChI=1S/C56H42N2/c1-36-45-18-6-7-19-46(45)47-27-24-42(33-50(36)47)56-49-29-26-43(57-30-10-16-38-13-4-8-20-53(38)57)34-51(49)55(41-23-22-37-12-2-3-15-40(37)32-41)48-28-25-44(35-52(48)56)58-31-11-17-39-14-5-9-21-54(39)58/h2-9,12-15,18-29,32-35H,1,10-11,16-17,30-31H2. The minimum atomic E-state index is 1.00.